The van der Waals surface area contributed by atoms with Gasteiger partial charge in [-0.1, -0.05) is 13.0 Å². The molecular weight excluding hydrogens is 248 g/mol. The molecule has 0 bridgehead atoms. The maximum atomic E-state index is 6.10. The molecule has 3 heteroatoms. The number of aromatic nitrogens is 1. The van der Waals surface area contributed by atoms with Crippen LogP contribution in [-0.2, 0) is 0 Å². The molecule has 3 nitrogen and oxygen atoms in total. The predicted octanol–water partition coefficient (Wildman–Crippen LogP) is 3.78. The molecule has 2 rings (SSSR count). The number of hydrogen-bond donors (Lipinski definition) is 1. The van der Waals surface area contributed by atoms with E-state index in [2.05, 4.69) is 37.1 Å². The molecule has 20 heavy (non-hydrogen) atoms. The second kappa shape index (κ2) is 7.25. The Hall–Kier alpha value is -1.61. The molecule has 1 aromatic carbocycles. The lowest BCUT2D eigenvalue weighted by Crippen LogP contribution is -2.31. The summed E-state index contributed by atoms with van der Waals surface area (Å²) in [6, 6.07) is 10.5. The molecule has 0 fully saturated rings. The lowest BCUT2D eigenvalue weighted by atomic mass is 10.1. The predicted molar refractivity (Wildman–Crippen MR) is 84.2 cm³/mol. The van der Waals surface area contributed by atoms with Crippen LogP contribution < -0.4 is 10.1 Å². The van der Waals surface area contributed by atoms with Crippen molar-refractivity contribution >= 4 is 10.9 Å². The molecule has 0 aliphatic heterocycles. The van der Waals surface area contributed by atoms with Gasteiger partial charge in [0, 0.05) is 17.6 Å². The quantitative estimate of drug-likeness (QED) is 0.833. The zero-order valence-electron chi connectivity index (χ0n) is 12.6. The molecular formula is C17H24N2O. The highest BCUT2D eigenvalue weighted by Gasteiger charge is 2.11. The van der Waals surface area contributed by atoms with Gasteiger partial charge in [-0.2, -0.15) is 0 Å². The van der Waals surface area contributed by atoms with E-state index in [4.69, 9.17) is 4.74 Å². The maximum Gasteiger partial charge on any atom is 0.129 e. The van der Waals surface area contributed by atoms with Crippen molar-refractivity contribution in [3.8, 4) is 5.75 Å². The molecule has 0 saturated carbocycles. The molecule has 0 radical (unpaired) electrons. The fourth-order valence-electron chi connectivity index (χ4n) is 2.41. The molecule has 2 atom stereocenters. The summed E-state index contributed by atoms with van der Waals surface area (Å²) in [4.78, 5) is 4.36. The van der Waals surface area contributed by atoms with E-state index < -0.39 is 0 Å². The van der Waals surface area contributed by atoms with E-state index in [1.165, 1.54) is 0 Å². The highest BCUT2D eigenvalue weighted by atomic mass is 16.5. The third kappa shape index (κ3) is 3.94. The summed E-state index contributed by atoms with van der Waals surface area (Å²) < 4.78 is 6.10. The van der Waals surface area contributed by atoms with E-state index in [9.17, 15) is 0 Å². The minimum Gasteiger partial charge on any atom is -0.490 e. The van der Waals surface area contributed by atoms with Gasteiger partial charge in [0.05, 0.1) is 11.6 Å². The van der Waals surface area contributed by atoms with Gasteiger partial charge in [-0.05, 0) is 57.5 Å². The molecule has 2 unspecified atom stereocenters. The van der Waals surface area contributed by atoms with E-state index in [0.29, 0.717) is 6.04 Å². The minimum absolute atomic E-state index is 0.181. The van der Waals surface area contributed by atoms with Gasteiger partial charge in [-0.25, -0.2) is 0 Å². The van der Waals surface area contributed by atoms with E-state index in [1.807, 2.05) is 30.5 Å². The molecule has 0 saturated heterocycles. The molecule has 2 aromatic rings. The highest BCUT2D eigenvalue weighted by molar-refractivity contribution is 5.84. The Balaban J connectivity index is 2.01. The van der Waals surface area contributed by atoms with Crippen LogP contribution in [0.4, 0.5) is 0 Å². The summed E-state index contributed by atoms with van der Waals surface area (Å²) >= 11 is 0. The fraction of sp³-hybridized carbons (Fsp3) is 0.471. The first-order valence-electron chi connectivity index (χ1n) is 7.44. The molecule has 1 N–H and O–H groups in total. The molecule has 0 spiro atoms. The molecule has 108 valence electrons. The van der Waals surface area contributed by atoms with Crippen LogP contribution in [0.1, 0.15) is 33.6 Å². The Labute approximate surface area is 121 Å². The summed E-state index contributed by atoms with van der Waals surface area (Å²) in [6.45, 7) is 7.58. The van der Waals surface area contributed by atoms with Crippen LogP contribution in [0.25, 0.3) is 10.9 Å². The van der Waals surface area contributed by atoms with E-state index in [1.54, 1.807) is 0 Å². The van der Waals surface area contributed by atoms with Crippen molar-refractivity contribution in [1.82, 2.24) is 10.3 Å². The molecule has 0 amide bonds. The Morgan fingerprint density at radius 2 is 2.05 bits per heavy atom. The fourth-order valence-corrected chi connectivity index (χ4v) is 2.41. The average molecular weight is 272 g/mol. The maximum absolute atomic E-state index is 6.10. The van der Waals surface area contributed by atoms with Gasteiger partial charge in [0.2, 0.25) is 0 Å². The summed E-state index contributed by atoms with van der Waals surface area (Å²) in [6.07, 6.45) is 4.15. The van der Waals surface area contributed by atoms with Crippen LogP contribution in [0.2, 0.25) is 0 Å². The van der Waals surface area contributed by atoms with Crippen molar-refractivity contribution in [3.05, 3.63) is 36.5 Å². The van der Waals surface area contributed by atoms with Gasteiger partial charge in [-0.3, -0.25) is 4.98 Å². The second-order valence-electron chi connectivity index (χ2n) is 5.35. The van der Waals surface area contributed by atoms with Crippen molar-refractivity contribution in [1.29, 1.82) is 0 Å². The van der Waals surface area contributed by atoms with Gasteiger partial charge in [0.15, 0.2) is 0 Å². The zero-order chi connectivity index (χ0) is 14.4. The van der Waals surface area contributed by atoms with E-state index in [-0.39, 0.29) is 6.10 Å². The van der Waals surface area contributed by atoms with E-state index in [0.717, 1.165) is 36.0 Å². The normalized spacial score (nSPS) is 14.2. The third-order valence-electron chi connectivity index (χ3n) is 3.36. The number of fused-ring (bicyclic) bond motifs is 1. The SMILES string of the molecule is CCCNC(C)CC(C)Oc1cccc2ncccc12. The Bertz CT molecular complexity index is 536. The average Bonchev–Trinajstić information content (AvgIpc) is 2.45. The van der Waals surface area contributed by atoms with Gasteiger partial charge >= 0.3 is 0 Å². The summed E-state index contributed by atoms with van der Waals surface area (Å²) in [5.41, 5.74) is 0.981. The van der Waals surface area contributed by atoms with Gasteiger partial charge in [0.1, 0.15) is 5.75 Å². The number of rotatable bonds is 7. The van der Waals surface area contributed by atoms with Crippen molar-refractivity contribution < 1.29 is 4.74 Å². The first-order chi connectivity index (χ1) is 9.70. The van der Waals surface area contributed by atoms with Crippen molar-refractivity contribution in [2.24, 2.45) is 0 Å². The number of nitrogens with one attached hydrogen (secondary N) is 1. The number of hydrogen-bond acceptors (Lipinski definition) is 3. The van der Waals surface area contributed by atoms with Gasteiger partial charge in [-0.15, -0.1) is 0 Å². The number of pyridine rings is 1. The van der Waals surface area contributed by atoms with Gasteiger partial charge in [0.25, 0.3) is 0 Å². The van der Waals surface area contributed by atoms with E-state index >= 15 is 0 Å². The second-order valence-corrected chi connectivity index (χ2v) is 5.35. The number of nitrogens with zero attached hydrogens (tertiary/aromatic N) is 1. The minimum atomic E-state index is 0.181. The Morgan fingerprint density at radius 1 is 1.20 bits per heavy atom. The number of ether oxygens (including phenoxy) is 1. The van der Waals surface area contributed by atoms with Crippen molar-refractivity contribution in [2.45, 2.75) is 45.8 Å². The van der Waals surface area contributed by atoms with Crippen LogP contribution >= 0.6 is 0 Å². The zero-order valence-corrected chi connectivity index (χ0v) is 12.6. The van der Waals surface area contributed by atoms with Crippen molar-refractivity contribution in [2.75, 3.05) is 6.54 Å². The third-order valence-corrected chi connectivity index (χ3v) is 3.36. The Kier molecular flexibility index (Phi) is 5.36. The molecule has 1 aromatic heterocycles. The first kappa shape index (κ1) is 14.8. The molecule has 1 heterocycles. The highest BCUT2D eigenvalue weighted by Crippen LogP contribution is 2.25. The van der Waals surface area contributed by atoms with Crippen LogP contribution in [0.5, 0.6) is 5.75 Å². The van der Waals surface area contributed by atoms with Crippen LogP contribution in [0, 0.1) is 0 Å². The molecule has 0 aliphatic rings. The topological polar surface area (TPSA) is 34.1 Å². The largest absolute Gasteiger partial charge is 0.490 e. The lowest BCUT2D eigenvalue weighted by molar-refractivity contribution is 0.198. The lowest BCUT2D eigenvalue weighted by Gasteiger charge is -2.20. The van der Waals surface area contributed by atoms with Crippen LogP contribution in [0.3, 0.4) is 0 Å². The monoisotopic (exact) mass is 272 g/mol. The standard InChI is InChI=1S/C17H24N2O/c1-4-10-18-13(2)12-14(3)20-17-9-5-8-16-15(17)7-6-11-19-16/h5-9,11,13-14,18H,4,10,12H2,1-3H3. The van der Waals surface area contributed by atoms with Gasteiger partial charge < -0.3 is 10.1 Å². The van der Waals surface area contributed by atoms with Crippen LogP contribution in [0.15, 0.2) is 36.5 Å². The van der Waals surface area contributed by atoms with Crippen molar-refractivity contribution in [3.63, 3.8) is 0 Å². The summed E-state index contributed by atoms with van der Waals surface area (Å²) in [5.74, 6) is 0.922. The summed E-state index contributed by atoms with van der Waals surface area (Å²) in [5, 5.41) is 4.57. The Morgan fingerprint density at radius 3 is 2.85 bits per heavy atom. The number of benzene rings is 1. The van der Waals surface area contributed by atoms with Crippen LogP contribution in [-0.4, -0.2) is 23.7 Å². The first-order valence-corrected chi connectivity index (χ1v) is 7.44. The summed E-state index contributed by atoms with van der Waals surface area (Å²) in [7, 11) is 0. The smallest absolute Gasteiger partial charge is 0.129 e. The molecule has 0 aliphatic carbocycles.